The first kappa shape index (κ1) is 22.6. The van der Waals surface area contributed by atoms with Crippen molar-refractivity contribution < 1.29 is 29.6 Å². The van der Waals surface area contributed by atoms with Crippen LogP contribution >= 0.6 is 0 Å². The third-order valence-corrected chi connectivity index (χ3v) is 10.0. The molecule has 3 heterocycles. The van der Waals surface area contributed by atoms with Gasteiger partial charge in [0.1, 0.15) is 12.1 Å². The maximum atomic E-state index is 13.4. The molecule has 6 aliphatic rings. The SMILES string of the molecule is O=C(O)C1CCCCN1C(=O)C=C1CC[C@@]2(O)[C@H]3Cc4ccc(O)c5c4[C@@]2(CCN3CC2CC2)[C@H]1O5. The van der Waals surface area contributed by atoms with E-state index in [2.05, 4.69) is 4.90 Å². The Labute approximate surface area is 210 Å². The molecule has 8 heteroatoms. The standard InChI is InChI=1S/C28H34N2O6/c31-20-7-6-17-13-21-28(35)9-8-18(14-22(32)30-11-2-1-3-19(30)26(33)34)25-27(28,23(17)24(20)36-25)10-12-29(21)15-16-4-5-16/h6-7,14,16,19,21,25,31,35H,1-5,8-13,15H2,(H,33,34)/t19?,21-,25+,27+,28-/m1/s1. The molecular formula is C28H34N2O6. The van der Waals surface area contributed by atoms with Gasteiger partial charge in [0.25, 0.3) is 0 Å². The number of carbonyl (C=O) groups is 2. The lowest BCUT2D eigenvalue weighted by molar-refractivity contribution is -0.174. The molecule has 8 nitrogen and oxygen atoms in total. The van der Waals surface area contributed by atoms with Gasteiger partial charge in [-0.2, -0.15) is 0 Å². The van der Waals surface area contributed by atoms with E-state index in [1.54, 1.807) is 12.1 Å². The highest BCUT2D eigenvalue weighted by atomic mass is 16.5. The van der Waals surface area contributed by atoms with Crippen LogP contribution in [0.15, 0.2) is 23.8 Å². The number of aliphatic carboxylic acids is 1. The van der Waals surface area contributed by atoms with Crippen LogP contribution in [0.25, 0.3) is 0 Å². The number of piperidine rings is 2. The number of phenols is 1. The van der Waals surface area contributed by atoms with Crippen LogP contribution in [0.4, 0.5) is 0 Å². The van der Waals surface area contributed by atoms with Gasteiger partial charge in [-0.3, -0.25) is 9.69 Å². The van der Waals surface area contributed by atoms with Crippen LogP contribution in [0.2, 0.25) is 0 Å². The zero-order chi connectivity index (χ0) is 24.8. The van der Waals surface area contributed by atoms with Crippen molar-refractivity contribution in [2.24, 2.45) is 5.92 Å². The van der Waals surface area contributed by atoms with Crippen molar-refractivity contribution in [1.82, 2.24) is 9.80 Å². The average Bonchev–Trinajstić information content (AvgIpc) is 3.60. The van der Waals surface area contributed by atoms with E-state index in [9.17, 15) is 24.9 Å². The van der Waals surface area contributed by atoms with Crippen LogP contribution in [0.1, 0.15) is 62.5 Å². The zero-order valence-corrected chi connectivity index (χ0v) is 20.5. The third-order valence-electron chi connectivity index (χ3n) is 10.0. The number of rotatable bonds is 4. The van der Waals surface area contributed by atoms with Crippen LogP contribution in [-0.2, 0) is 21.4 Å². The highest BCUT2D eigenvalue weighted by molar-refractivity contribution is 5.92. The summed E-state index contributed by atoms with van der Waals surface area (Å²) in [6, 6.07) is 2.84. The van der Waals surface area contributed by atoms with Gasteiger partial charge in [0.15, 0.2) is 11.5 Å². The van der Waals surface area contributed by atoms with Crippen molar-refractivity contribution in [3.63, 3.8) is 0 Å². The van der Waals surface area contributed by atoms with E-state index in [4.69, 9.17) is 4.74 Å². The van der Waals surface area contributed by atoms with E-state index in [1.165, 1.54) is 17.7 Å². The maximum Gasteiger partial charge on any atom is 0.326 e. The van der Waals surface area contributed by atoms with Gasteiger partial charge in [0.2, 0.25) is 5.91 Å². The highest BCUT2D eigenvalue weighted by Gasteiger charge is 2.72. The second-order valence-electron chi connectivity index (χ2n) is 11.9. The minimum Gasteiger partial charge on any atom is -0.504 e. The van der Waals surface area contributed by atoms with Crippen LogP contribution in [0, 0.1) is 5.92 Å². The lowest BCUT2D eigenvalue weighted by Crippen LogP contribution is -2.75. The summed E-state index contributed by atoms with van der Waals surface area (Å²) in [5.74, 6) is -0.00625. The summed E-state index contributed by atoms with van der Waals surface area (Å²) in [6.07, 6.45) is 8.10. The largest absolute Gasteiger partial charge is 0.504 e. The molecule has 2 saturated carbocycles. The Bertz CT molecular complexity index is 1180. The summed E-state index contributed by atoms with van der Waals surface area (Å²) in [7, 11) is 0. The predicted octanol–water partition coefficient (Wildman–Crippen LogP) is 2.35. The maximum absolute atomic E-state index is 13.4. The number of carboxylic acids is 1. The number of nitrogens with zero attached hydrogens (tertiary/aromatic N) is 2. The molecule has 5 atom stereocenters. The second-order valence-corrected chi connectivity index (χ2v) is 11.9. The van der Waals surface area contributed by atoms with Crippen molar-refractivity contribution in [3.8, 4) is 11.5 Å². The number of likely N-dealkylation sites (tertiary alicyclic amines) is 2. The van der Waals surface area contributed by atoms with Gasteiger partial charge in [0.05, 0.1) is 11.0 Å². The second kappa shape index (κ2) is 7.71. The van der Waals surface area contributed by atoms with Gasteiger partial charge in [-0.05, 0) is 87.5 Å². The fraction of sp³-hybridized carbons (Fsp3) is 0.643. The molecule has 192 valence electrons. The number of ether oxygens (including phenoxy) is 1. The summed E-state index contributed by atoms with van der Waals surface area (Å²) in [6.45, 7) is 2.30. The lowest BCUT2D eigenvalue weighted by atomic mass is 9.48. The van der Waals surface area contributed by atoms with Crippen molar-refractivity contribution >= 4 is 11.9 Å². The van der Waals surface area contributed by atoms with Crippen molar-refractivity contribution in [2.75, 3.05) is 19.6 Å². The molecule has 1 spiro atoms. The molecular weight excluding hydrogens is 460 g/mol. The molecule has 0 radical (unpaired) electrons. The normalized spacial score (nSPS) is 38.0. The lowest BCUT2D eigenvalue weighted by Gasteiger charge is -2.63. The Morgan fingerprint density at radius 3 is 2.75 bits per heavy atom. The first-order valence-corrected chi connectivity index (χ1v) is 13.6. The molecule has 3 aliphatic heterocycles. The third kappa shape index (κ3) is 2.94. The Morgan fingerprint density at radius 1 is 1.14 bits per heavy atom. The number of hydrogen-bond donors (Lipinski definition) is 3. The summed E-state index contributed by atoms with van der Waals surface area (Å²) < 4.78 is 6.49. The van der Waals surface area contributed by atoms with Gasteiger partial charge in [0, 0.05) is 30.8 Å². The number of hydrogen-bond acceptors (Lipinski definition) is 6. The molecule has 3 aliphatic carbocycles. The molecule has 36 heavy (non-hydrogen) atoms. The van der Waals surface area contributed by atoms with Crippen molar-refractivity contribution in [3.05, 3.63) is 34.9 Å². The van der Waals surface area contributed by atoms with Crippen molar-refractivity contribution in [1.29, 1.82) is 0 Å². The zero-order valence-electron chi connectivity index (χ0n) is 20.5. The number of benzene rings is 1. The number of carbonyl (C=O) groups excluding carboxylic acids is 1. The van der Waals surface area contributed by atoms with Gasteiger partial charge in [-0.25, -0.2) is 4.79 Å². The quantitative estimate of drug-likeness (QED) is 0.551. The first-order chi connectivity index (χ1) is 17.3. The van der Waals surface area contributed by atoms with Gasteiger partial charge >= 0.3 is 5.97 Å². The Kier molecular flexibility index (Phi) is 4.84. The van der Waals surface area contributed by atoms with E-state index in [1.807, 2.05) is 6.07 Å². The monoisotopic (exact) mass is 494 g/mol. The number of phenolic OH excluding ortho intramolecular Hbond substituents is 1. The highest BCUT2D eigenvalue weighted by Crippen LogP contribution is 2.66. The smallest absolute Gasteiger partial charge is 0.326 e. The fourth-order valence-electron chi connectivity index (χ4n) is 8.18. The molecule has 2 saturated heterocycles. The minimum atomic E-state index is -1.01. The Hall–Kier alpha value is -2.58. The number of aliphatic hydroxyl groups is 1. The molecule has 4 fully saturated rings. The minimum absolute atomic E-state index is 0.0170. The molecule has 1 unspecified atom stereocenters. The molecule has 1 aromatic rings. The van der Waals surface area contributed by atoms with E-state index < -0.39 is 29.1 Å². The van der Waals surface area contributed by atoms with Crippen LogP contribution in [-0.4, -0.2) is 80.4 Å². The Morgan fingerprint density at radius 2 is 1.97 bits per heavy atom. The summed E-state index contributed by atoms with van der Waals surface area (Å²) >= 11 is 0. The Balaban J connectivity index is 1.30. The van der Waals surface area contributed by atoms with E-state index in [-0.39, 0.29) is 17.7 Å². The molecule has 0 aromatic heterocycles. The molecule has 1 aromatic carbocycles. The molecule has 2 bridgehead atoms. The van der Waals surface area contributed by atoms with Crippen molar-refractivity contribution in [2.45, 2.75) is 87.0 Å². The number of carboxylic acid groups (broad SMARTS) is 1. The van der Waals surface area contributed by atoms with Crippen LogP contribution in [0.5, 0.6) is 11.5 Å². The van der Waals surface area contributed by atoms with E-state index >= 15 is 0 Å². The van der Waals surface area contributed by atoms with Gasteiger partial charge in [-0.1, -0.05) is 6.07 Å². The summed E-state index contributed by atoms with van der Waals surface area (Å²) in [5.41, 5.74) is 1.13. The average molecular weight is 495 g/mol. The van der Waals surface area contributed by atoms with Gasteiger partial charge < -0.3 is 25.0 Å². The van der Waals surface area contributed by atoms with Gasteiger partial charge in [-0.15, -0.1) is 0 Å². The molecule has 3 N–H and O–H groups in total. The van der Waals surface area contributed by atoms with Crippen LogP contribution in [0.3, 0.4) is 0 Å². The van der Waals surface area contributed by atoms with E-state index in [0.717, 1.165) is 55.0 Å². The number of amides is 1. The first-order valence-electron chi connectivity index (χ1n) is 13.6. The fourth-order valence-corrected chi connectivity index (χ4v) is 8.18. The van der Waals surface area contributed by atoms with Crippen LogP contribution < -0.4 is 4.74 Å². The summed E-state index contributed by atoms with van der Waals surface area (Å²) in [4.78, 5) is 29.2. The molecule has 1 amide bonds. The predicted molar refractivity (Wildman–Crippen MR) is 130 cm³/mol. The summed E-state index contributed by atoms with van der Waals surface area (Å²) in [5, 5.41) is 33.0. The topological polar surface area (TPSA) is 111 Å². The van der Waals surface area contributed by atoms with E-state index in [0.29, 0.717) is 38.0 Å². The number of aromatic hydroxyl groups is 1. The molecule has 7 rings (SSSR count).